The summed E-state index contributed by atoms with van der Waals surface area (Å²) >= 11 is 5.93. The molecule has 23 heavy (non-hydrogen) atoms. The highest BCUT2D eigenvalue weighted by atomic mass is 35.5. The summed E-state index contributed by atoms with van der Waals surface area (Å²) in [5.74, 6) is 0.0284. The second-order valence-corrected chi connectivity index (χ2v) is 6.70. The van der Waals surface area contributed by atoms with Crippen LogP contribution in [0.4, 0.5) is 0 Å². The molecule has 3 rings (SSSR count). The highest BCUT2D eigenvalue weighted by Gasteiger charge is 2.41. The Morgan fingerprint density at radius 2 is 1.83 bits per heavy atom. The van der Waals surface area contributed by atoms with Crippen molar-refractivity contribution in [3.63, 3.8) is 0 Å². The first-order valence-electron chi connectivity index (χ1n) is 7.93. The number of aryl methyl sites for hydroxylation is 1. The van der Waals surface area contributed by atoms with Gasteiger partial charge in [0.1, 0.15) is 0 Å². The van der Waals surface area contributed by atoms with Crippen LogP contribution < -0.4 is 0 Å². The molecule has 4 heteroatoms. The van der Waals surface area contributed by atoms with E-state index in [1.165, 1.54) is 5.56 Å². The fourth-order valence-electron chi connectivity index (χ4n) is 3.49. The Bertz CT molecular complexity index is 659. The third-order valence-electron chi connectivity index (χ3n) is 4.78. The Labute approximate surface area is 142 Å². The maximum atomic E-state index is 10.7. The number of hydrogen-bond acceptors (Lipinski definition) is 3. The van der Waals surface area contributed by atoms with Crippen LogP contribution in [0.25, 0.3) is 0 Å². The van der Waals surface area contributed by atoms with Gasteiger partial charge in [0, 0.05) is 24.0 Å². The first-order chi connectivity index (χ1) is 11.1. The fourth-order valence-corrected chi connectivity index (χ4v) is 3.62. The number of nitrogens with zero attached hydrogens (tertiary/aromatic N) is 1. The molecule has 0 saturated carbocycles. The SMILES string of the molecule is Cc1ccccc1[C@H]1CN(Cc2ccc(Cl)cc2)[C@H](CO)[C@@H]1O. The maximum Gasteiger partial charge on any atom is 0.0798 e. The van der Waals surface area contributed by atoms with Crippen molar-refractivity contribution in [2.75, 3.05) is 13.2 Å². The van der Waals surface area contributed by atoms with E-state index in [9.17, 15) is 10.2 Å². The Morgan fingerprint density at radius 1 is 1.13 bits per heavy atom. The lowest BCUT2D eigenvalue weighted by Gasteiger charge is -2.24. The molecule has 2 N–H and O–H groups in total. The number of hydrogen-bond donors (Lipinski definition) is 2. The third-order valence-corrected chi connectivity index (χ3v) is 5.03. The molecule has 3 atom stereocenters. The normalized spacial score (nSPS) is 25.0. The summed E-state index contributed by atoms with van der Waals surface area (Å²) in [7, 11) is 0. The number of rotatable bonds is 4. The number of halogens is 1. The molecule has 1 aliphatic rings. The Balaban J connectivity index is 1.81. The quantitative estimate of drug-likeness (QED) is 0.905. The summed E-state index contributed by atoms with van der Waals surface area (Å²) in [5, 5.41) is 21.2. The van der Waals surface area contributed by atoms with E-state index < -0.39 is 6.10 Å². The highest BCUT2D eigenvalue weighted by molar-refractivity contribution is 6.30. The molecule has 0 radical (unpaired) electrons. The third kappa shape index (κ3) is 3.43. The minimum absolute atomic E-state index is 0.0284. The number of benzene rings is 2. The van der Waals surface area contributed by atoms with Crippen molar-refractivity contribution in [1.82, 2.24) is 4.90 Å². The van der Waals surface area contributed by atoms with E-state index in [0.29, 0.717) is 11.6 Å². The zero-order chi connectivity index (χ0) is 16.4. The van der Waals surface area contributed by atoms with Gasteiger partial charge in [-0.3, -0.25) is 4.90 Å². The van der Waals surface area contributed by atoms with Gasteiger partial charge in [-0.25, -0.2) is 0 Å². The van der Waals surface area contributed by atoms with Crippen molar-refractivity contribution in [3.8, 4) is 0 Å². The minimum atomic E-state index is -0.562. The lowest BCUT2D eigenvalue weighted by atomic mass is 9.90. The topological polar surface area (TPSA) is 43.7 Å². The van der Waals surface area contributed by atoms with Crippen molar-refractivity contribution in [2.45, 2.75) is 31.5 Å². The van der Waals surface area contributed by atoms with Crippen LogP contribution in [0.1, 0.15) is 22.6 Å². The van der Waals surface area contributed by atoms with Gasteiger partial charge < -0.3 is 10.2 Å². The van der Waals surface area contributed by atoms with Crippen LogP contribution in [0.5, 0.6) is 0 Å². The van der Waals surface area contributed by atoms with E-state index in [1.807, 2.05) is 36.4 Å². The molecule has 0 spiro atoms. The van der Waals surface area contributed by atoms with Crippen molar-refractivity contribution in [2.24, 2.45) is 0 Å². The Hall–Kier alpha value is -1.39. The molecular formula is C19H22ClNO2. The zero-order valence-electron chi connectivity index (χ0n) is 13.2. The van der Waals surface area contributed by atoms with Crippen LogP contribution in [-0.4, -0.2) is 40.4 Å². The molecule has 0 amide bonds. The van der Waals surface area contributed by atoms with Gasteiger partial charge in [0.15, 0.2) is 0 Å². The van der Waals surface area contributed by atoms with Crippen LogP contribution in [-0.2, 0) is 6.54 Å². The predicted molar refractivity (Wildman–Crippen MR) is 92.7 cm³/mol. The molecule has 0 aliphatic carbocycles. The van der Waals surface area contributed by atoms with Crippen LogP contribution >= 0.6 is 11.6 Å². The molecule has 122 valence electrons. The summed E-state index contributed by atoms with van der Waals surface area (Å²) in [6.45, 7) is 3.46. The molecule has 1 saturated heterocycles. The van der Waals surface area contributed by atoms with Crippen molar-refractivity contribution >= 4 is 11.6 Å². The number of aliphatic hydroxyl groups is 2. The molecule has 0 bridgehead atoms. The van der Waals surface area contributed by atoms with Gasteiger partial charge in [0.05, 0.1) is 18.8 Å². The smallest absolute Gasteiger partial charge is 0.0798 e. The van der Waals surface area contributed by atoms with Gasteiger partial charge in [-0.2, -0.15) is 0 Å². The molecule has 3 nitrogen and oxygen atoms in total. The van der Waals surface area contributed by atoms with Gasteiger partial charge >= 0.3 is 0 Å². The van der Waals surface area contributed by atoms with Crippen LogP contribution in [0, 0.1) is 6.92 Å². The molecule has 1 aliphatic heterocycles. The Kier molecular flexibility index (Phi) is 5.02. The van der Waals surface area contributed by atoms with E-state index in [4.69, 9.17) is 11.6 Å². The molecule has 0 aromatic heterocycles. The van der Waals surface area contributed by atoms with Gasteiger partial charge in [-0.15, -0.1) is 0 Å². The first-order valence-corrected chi connectivity index (χ1v) is 8.31. The predicted octanol–water partition coefficient (Wildman–Crippen LogP) is 2.97. The Morgan fingerprint density at radius 3 is 2.48 bits per heavy atom. The second-order valence-electron chi connectivity index (χ2n) is 6.26. The molecule has 2 aromatic carbocycles. The zero-order valence-corrected chi connectivity index (χ0v) is 13.9. The van der Waals surface area contributed by atoms with E-state index in [1.54, 1.807) is 0 Å². The van der Waals surface area contributed by atoms with Gasteiger partial charge in [0.2, 0.25) is 0 Å². The van der Waals surface area contributed by atoms with E-state index in [2.05, 4.69) is 24.0 Å². The van der Waals surface area contributed by atoms with Crippen molar-refractivity contribution < 1.29 is 10.2 Å². The van der Waals surface area contributed by atoms with E-state index in [0.717, 1.165) is 17.7 Å². The minimum Gasteiger partial charge on any atom is -0.395 e. The lowest BCUT2D eigenvalue weighted by Crippen LogP contribution is -2.38. The van der Waals surface area contributed by atoms with Gasteiger partial charge in [0.25, 0.3) is 0 Å². The van der Waals surface area contributed by atoms with Gasteiger partial charge in [-0.05, 0) is 35.7 Å². The monoisotopic (exact) mass is 331 g/mol. The molecule has 1 fully saturated rings. The fraction of sp³-hybridized carbons (Fsp3) is 0.368. The largest absolute Gasteiger partial charge is 0.395 e. The van der Waals surface area contributed by atoms with Crippen molar-refractivity contribution in [1.29, 1.82) is 0 Å². The summed E-state index contributed by atoms with van der Waals surface area (Å²) in [6.07, 6.45) is -0.562. The maximum absolute atomic E-state index is 10.7. The molecule has 2 aromatic rings. The molecular weight excluding hydrogens is 310 g/mol. The highest BCUT2D eigenvalue weighted by Crippen LogP contribution is 2.34. The molecule has 1 heterocycles. The van der Waals surface area contributed by atoms with Crippen LogP contribution in [0.15, 0.2) is 48.5 Å². The van der Waals surface area contributed by atoms with Crippen molar-refractivity contribution in [3.05, 3.63) is 70.2 Å². The number of likely N-dealkylation sites (tertiary alicyclic amines) is 1. The number of aliphatic hydroxyl groups excluding tert-OH is 2. The summed E-state index contributed by atoms with van der Waals surface area (Å²) in [6, 6.07) is 15.6. The van der Waals surface area contributed by atoms with Crippen LogP contribution in [0.3, 0.4) is 0 Å². The van der Waals surface area contributed by atoms with Gasteiger partial charge in [-0.1, -0.05) is 48.0 Å². The van der Waals surface area contributed by atoms with E-state index >= 15 is 0 Å². The first kappa shape index (κ1) is 16.5. The average Bonchev–Trinajstić information content (AvgIpc) is 2.85. The average molecular weight is 332 g/mol. The summed E-state index contributed by atoms with van der Waals surface area (Å²) in [5.41, 5.74) is 3.48. The summed E-state index contributed by atoms with van der Waals surface area (Å²) in [4.78, 5) is 2.16. The standard InChI is InChI=1S/C19H22ClNO2/c1-13-4-2-3-5-16(13)17-11-21(18(12-22)19(17)23)10-14-6-8-15(20)9-7-14/h2-9,17-19,22-23H,10-12H2,1H3/t17-,18-,19-/m1/s1. The lowest BCUT2D eigenvalue weighted by molar-refractivity contribution is 0.0640. The van der Waals surface area contributed by atoms with Crippen LogP contribution in [0.2, 0.25) is 5.02 Å². The summed E-state index contributed by atoms with van der Waals surface area (Å²) < 4.78 is 0. The van der Waals surface area contributed by atoms with E-state index in [-0.39, 0.29) is 18.6 Å². The molecule has 0 unspecified atom stereocenters. The second kappa shape index (κ2) is 7.02.